The Hall–Kier alpha value is -3.49. The van der Waals surface area contributed by atoms with E-state index in [-0.39, 0.29) is 5.88 Å². The number of imidazole rings is 1. The Balaban J connectivity index is 1.31. The number of benzene rings is 1. The van der Waals surface area contributed by atoms with Crippen LogP contribution in [0, 0.1) is 0 Å². The molecule has 0 atom stereocenters. The van der Waals surface area contributed by atoms with E-state index in [0.29, 0.717) is 17.5 Å². The quantitative estimate of drug-likeness (QED) is 0.571. The van der Waals surface area contributed by atoms with Crippen LogP contribution in [0.5, 0.6) is 5.88 Å². The number of morpholine rings is 1. The van der Waals surface area contributed by atoms with Gasteiger partial charge in [0.1, 0.15) is 5.69 Å². The van der Waals surface area contributed by atoms with Crippen LogP contribution in [0.15, 0.2) is 47.6 Å². The minimum absolute atomic E-state index is 0.0459. The fourth-order valence-electron chi connectivity index (χ4n) is 3.75. The number of anilines is 1. The Bertz CT molecular complexity index is 1120. The summed E-state index contributed by atoms with van der Waals surface area (Å²) < 4.78 is 5.37. The first-order valence-corrected chi connectivity index (χ1v) is 10.4. The number of nitrogens with zero attached hydrogens (tertiary/aromatic N) is 4. The lowest BCUT2D eigenvalue weighted by Crippen LogP contribution is -2.39. The molecule has 8 heteroatoms. The smallest absolute Gasteiger partial charge is 0.238 e. The highest BCUT2D eigenvalue weighted by Gasteiger charge is 2.17. The number of aromatic hydroxyl groups is 1. The second-order valence-electron chi connectivity index (χ2n) is 7.52. The van der Waals surface area contributed by atoms with Gasteiger partial charge in [0, 0.05) is 55.3 Å². The number of fused-ring (bicyclic) bond motifs is 1. The number of rotatable bonds is 6. The van der Waals surface area contributed by atoms with Gasteiger partial charge in [-0.2, -0.15) is 4.98 Å². The molecule has 8 nitrogen and oxygen atoms in total. The molecule has 0 amide bonds. The molecule has 0 unspecified atom stereocenters. The van der Waals surface area contributed by atoms with Crippen LogP contribution in [0.2, 0.25) is 0 Å². The zero-order valence-corrected chi connectivity index (χ0v) is 17.1. The maximum atomic E-state index is 10.3. The Kier molecular flexibility index (Phi) is 5.47. The van der Waals surface area contributed by atoms with E-state index in [4.69, 9.17) is 4.74 Å². The average Bonchev–Trinajstić information content (AvgIpc) is 3.38. The molecular weight excluding hydrogens is 392 g/mol. The minimum atomic E-state index is -0.0459. The number of pyridine rings is 1. The molecule has 0 aliphatic carbocycles. The van der Waals surface area contributed by atoms with E-state index in [9.17, 15) is 5.11 Å². The number of ether oxygens (including phenoxy) is 1. The molecule has 0 spiro atoms. The van der Waals surface area contributed by atoms with Crippen molar-refractivity contribution in [3.63, 3.8) is 0 Å². The molecule has 31 heavy (non-hydrogen) atoms. The molecule has 4 heterocycles. The molecule has 2 aliphatic rings. The van der Waals surface area contributed by atoms with Gasteiger partial charge in [0.25, 0.3) is 0 Å². The Labute approximate surface area is 180 Å². The SMILES string of the molecule is Oc1nc(NCCN2CCOCC2)[nH]c1/C=C1/C=Nc2ncc(-c3ccccc3)cc21. The van der Waals surface area contributed by atoms with Crippen LogP contribution in [-0.2, 0) is 4.74 Å². The van der Waals surface area contributed by atoms with E-state index >= 15 is 0 Å². The van der Waals surface area contributed by atoms with Crippen molar-refractivity contribution in [1.29, 1.82) is 0 Å². The first kappa shape index (κ1) is 19.5. The third-order valence-corrected chi connectivity index (χ3v) is 5.45. The van der Waals surface area contributed by atoms with Crippen molar-refractivity contribution in [3.8, 4) is 17.0 Å². The largest absolute Gasteiger partial charge is 0.492 e. The van der Waals surface area contributed by atoms with Gasteiger partial charge in [0.2, 0.25) is 11.8 Å². The van der Waals surface area contributed by atoms with Crippen LogP contribution in [0.25, 0.3) is 22.8 Å². The molecular formula is C23H24N6O2. The second kappa shape index (κ2) is 8.71. The predicted octanol–water partition coefficient (Wildman–Crippen LogP) is 3.18. The van der Waals surface area contributed by atoms with Gasteiger partial charge in [-0.15, -0.1) is 0 Å². The van der Waals surface area contributed by atoms with Gasteiger partial charge in [-0.25, -0.2) is 9.98 Å². The highest BCUT2D eigenvalue weighted by molar-refractivity contribution is 6.21. The van der Waals surface area contributed by atoms with Crippen LogP contribution in [-0.4, -0.2) is 70.6 Å². The molecule has 1 fully saturated rings. The number of nitrogens with one attached hydrogen (secondary N) is 2. The van der Waals surface area contributed by atoms with Gasteiger partial charge in [0.05, 0.1) is 13.2 Å². The number of aromatic nitrogens is 3. The van der Waals surface area contributed by atoms with Gasteiger partial charge in [-0.1, -0.05) is 30.3 Å². The van der Waals surface area contributed by atoms with Gasteiger partial charge in [0.15, 0.2) is 5.82 Å². The topological polar surface area (TPSA) is 98.7 Å². The summed E-state index contributed by atoms with van der Waals surface area (Å²) in [5.74, 6) is 1.17. The van der Waals surface area contributed by atoms with Crippen molar-refractivity contribution < 1.29 is 9.84 Å². The molecule has 2 aliphatic heterocycles. The van der Waals surface area contributed by atoms with Crippen molar-refractivity contribution in [3.05, 3.63) is 53.9 Å². The van der Waals surface area contributed by atoms with Crippen molar-refractivity contribution in [2.45, 2.75) is 0 Å². The maximum absolute atomic E-state index is 10.3. The number of hydrogen-bond acceptors (Lipinski definition) is 7. The zero-order chi connectivity index (χ0) is 21.0. The van der Waals surface area contributed by atoms with Gasteiger partial charge in [-0.05, 0) is 17.7 Å². The predicted molar refractivity (Wildman–Crippen MR) is 122 cm³/mol. The first-order chi connectivity index (χ1) is 15.3. The zero-order valence-electron chi connectivity index (χ0n) is 17.1. The lowest BCUT2D eigenvalue weighted by molar-refractivity contribution is 0.0398. The van der Waals surface area contributed by atoms with Crippen molar-refractivity contribution in [2.75, 3.05) is 44.7 Å². The lowest BCUT2D eigenvalue weighted by Gasteiger charge is -2.26. The average molecular weight is 416 g/mol. The summed E-state index contributed by atoms with van der Waals surface area (Å²) in [6, 6.07) is 12.2. The highest BCUT2D eigenvalue weighted by Crippen LogP contribution is 2.34. The maximum Gasteiger partial charge on any atom is 0.238 e. The second-order valence-corrected chi connectivity index (χ2v) is 7.52. The molecule has 5 rings (SSSR count). The van der Waals surface area contributed by atoms with E-state index in [2.05, 4.69) is 48.4 Å². The highest BCUT2D eigenvalue weighted by atomic mass is 16.5. The van der Waals surface area contributed by atoms with Crippen LogP contribution in [0.3, 0.4) is 0 Å². The van der Waals surface area contributed by atoms with Crippen LogP contribution < -0.4 is 5.32 Å². The van der Waals surface area contributed by atoms with Crippen LogP contribution in [0.1, 0.15) is 11.3 Å². The molecule has 2 aromatic heterocycles. The first-order valence-electron chi connectivity index (χ1n) is 10.4. The van der Waals surface area contributed by atoms with E-state index in [1.54, 1.807) is 6.21 Å². The van der Waals surface area contributed by atoms with Gasteiger partial charge in [-0.3, -0.25) is 4.90 Å². The molecule has 1 saturated heterocycles. The number of hydrogen-bond donors (Lipinski definition) is 3. The van der Waals surface area contributed by atoms with Crippen LogP contribution in [0.4, 0.5) is 11.8 Å². The summed E-state index contributed by atoms with van der Waals surface area (Å²) in [7, 11) is 0. The fourth-order valence-corrected chi connectivity index (χ4v) is 3.75. The summed E-state index contributed by atoms with van der Waals surface area (Å²) in [4.78, 5) is 18.6. The van der Waals surface area contributed by atoms with Gasteiger partial charge >= 0.3 is 0 Å². The molecule has 3 aromatic rings. The van der Waals surface area contributed by atoms with E-state index < -0.39 is 0 Å². The molecule has 158 valence electrons. The molecule has 0 radical (unpaired) electrons. The lowest BCUT2D eigenvalue weighted by atomic mass is 10.0. The number of aromatic amines is 1. The molecule has 0 saturated carbocycles. The van der Waals surface area contributed by atoms with Crippen LogP contribution >= 0.6 is 0 Å². The number of H-pyrrole nitrogens is 1. The Morgan fingerprint density at radius 1 is 1.16 bits per heavy atom. The monoisotopic (exact) mass is 416 g/mol. The van der Waals surface area contributed by atoms with Crippen molar-refractivity contribution >= 4 is 29.6 Å². The summed E-state index contributed by atoms with van der Waals surface area (Å²) in [6.07, 6.45) is 5.44. The third-order valence-electron chi connectivity index (χ3n) is 5.45. The Morgan fingerprint density at radius 2 is 2.00 bits per heavy atom. The van der Waals surface area contributed by atoms with Crippen molar-refractivity contribution in [2.24, 2.45) is 4.99 Å². The van der Waals surface area contributed by atoms with E-state index in [0.717, 1.165) is 61.7 Å². The standard InChI is InChI=1S/C23H24N6O2/c30-22-20(27-23(28-22)24-6-7-29-8-10-31-11-9-29)13-18-15-26-21-19(18)12-17(14-25-21)16-4-2-1-3-5-16/h1-5,12-15,30H,6-11H2,(H2,24,27,28)/b18-13-. The fraction of sp³-hybridized carbons (Fsp3) is 0.261. The summed E-state index contributed by atoms with van der Waals surface area (Å²) >= 11 is 0. The Morgan fingerprint density at radius 3 is 2.84 bits per heavy atom. The number of aliphatic imine (C=N–C) groups is 1. The summed E-state index contributed by atoms with van der Waals surface area (Å²) in [5, 5.41) is 13.5. The van der Waals surface area contributed by atoms with E-state index in [1.807, 2.05) is 30.5 Å². The van der Waals surface area contributed by atoms with Crippen molar-refractivity contribution in [1.82, 2.24) is 19.9 Å². The minimum Gasteiger partial charge on any atom is -0.492 e. The summed E-state index contributed by atoms with van der Waals surface area (Å²) in [5.41, 5.74) is 4.46. The normalized spacial score (nSPS) is 17.2. The molecule has 3 N–H and O–H groups in total. The third kappa shape index (κ3) is 4.35. The molecule has 0 bridgehead atoms. The summed E-state index contributed by atoms with van der Waals surface area (Å²) in [6.45, 7) is 5.08. The van der Waals surface area contributed by atoms with E-state index in [1.165, 1.54) is 0 Å². The number of allylic oxidation sites excluding steroid dienone is 1. The molecule has 1 aromatic carbocycles. The van der Waals surface area contributed by atoms with Gasteiger partial charge < -0.3 is 20.1 Å².